The molecule has 0 atom stereocenters. The molecule has 0 saturated heterocycles. The predicted octanol–water partition coefficient (Wildman–Crippen LogP) is 4.72. The summed E-state index contributed by atoms with van der Waals surface area (Å²) in [5, 5.41) is 8.82. The van der Waals surface area contributed by atoms with Crippen LogP contribution in [0, 0.1) is 10.8 Å². The summed E-state index contributed by atoms with van der Waals surface area (Å²) in [6.45, 7) is 10.9. The Labute approximate surface area is 174 Å². The standard InChI is InChI=1S/C23H35N3O3/c1-22(2,3)20(28)25-17-12-15(19(27)24-16-10-8-7-9-11-16)13-18(14-17)26-21(29)23(4,5)6/h12-14,16H,7-11H2,1-6H3,(H,24,27)(H,25,28)(H,26,29). The summed E-state index contributed by atoms with van der Waals surface area (Å²) in [7, 11) is 0. The van der Waals surface area contributed by atoms with Crippen molar-refractivity contribution in [1.82, 2.24) is 5.32 Å². The van der Waals surface area contributed by atoms with E-state index < -0.39 is 10.8 Å². The number of amides is 3. The number of carbonyl (C=O) groups excluding carboxylic acids is 3. The average molecular weight is 402 g/mol. The van der Waals surface area contributed by atoms with Crippen LogP contribution in [0.1, 0.15) is 84.0 Å². The van der Waals surface area contributed by atoms with E-state index in [-0.39, 0.29) is 23.8 Å². The van der Waals surface area contributed by atoms with E-state index in [2.05, 4.69) is 16.0 Å². The monoisotopic (exact) mass is 401 g/mol. The van der Waals surface area contributed by atoms with Crippen LogP contribution in [0.2, 0.25) is 0 Å². The Morgan fingerprint density at radius 2 is 1.21 bits per heavy atom. The molecule has 0 aromatic heterocycles. The highest BCUT2D eigenvalue weighted by molar-refractivity contribution is 6.02. The third-order valence-electron chi connectivity index (χ3n) is 5.01. The van der Waals surface area contributed by atoms with E-state index in [1.54, 1.807) is 18.2 Å². The van der Waals surface area contributed by atoms with Crippen molar-refractivity contribution in [2.24, 2.45) is 10.8 Å². The molecule has 0 spiro atoms. The van der Waals surface area contributed by atoms with Crippen molar-refractivity contribution in [3.05, 3.63) is 23.8 Å². The van der Waals surface area contributed by atoms with E-state index in [4.69, 9.17) is 0 Å². The molecule has 3 N–H and O–H groups in total. The zero-order chi connectivity index (χ0) is 21.8. The third kappa shape index (κ3) is 6.87. The van der Waals surface area contributed by atoms with Gasteiger partial charge in [-0.25, -0.2) is 0 Å². The Morgan fingerprint density at radius 1 is 0.759 bits per heavy atom. The van der Waals surface area contributed by atoms with Gasteiger partial charge in [-0.1, -0.05) is 60.8 Å². The molecule has 160 valence electrons. The van der Waals surface area contributed by atoms with Gasteiger partial charge in [0.25, 0.3) is 5.91 Å². The minimum absolute atomic E-state index is 0.157. The highest BCUT2D eigenvalue weighted by Crippen LogP contribution is 2.25. The molecule has 0 heterocycles. The molecule has 1 saturated carbocycles. The molecule has 0 aliphatic heterocycles. The van der Waals surface area contributed by atoms with Gasteiger partial charge < -0.3 is 16.0 Å². The Bertz CT molecular complexity index is 720. The number of hydrogen-bond donors (Lipinski definition) is 3. The van der Waals surface area contributed by atoms with E-state index in [0.29, 0.717) is 16.9 Å². The van der Waals surface area contributed by atoms with E-state index in [1.807, 2.05) is 41.5 Å². The van der Waals surface area contributed by atoms with E-state index in [9.17, 15) is 14.4 Å². The second kappa shape index (κ2) is 8.97. The molecule has 6 nitrogen and oxygen atoms in total. The van der Waals surface area contributed by atoms with Crippen LogP contribution in [0.3, 0.4) is 0 Å². The number of anilines is 2. The predicted molar refractivity (Wildman–Crippen MR) is 117 cm³/mol. The molecular formula is C23H35N3O3. The van der Waals surface area contributed by atoms with Crippen molar-refractivity contribution in [2.75, 3.05) is 10.6 Å². The number of benzene rings is 1. The molecule has 3 amide bonds. The molecular weight excluding hydrogens is 366 g/mol. The lowest BCUT2D eigenvalue weighted by Gasteiger charge is -2.23. The molecule has 1 aliphatic rings. The van der Waals surface area contributed by atoms with Crippen LogP contribution in [0.25, 0.3) is 0 Å². The Morgan fingerprint density at radius 3 is 1.62 bits per heavy atom. The van der Waals surface area contributed by atoms with Gasteiger partial charge in [0, 0.05) is 33.8 Å². The number of carbonyl (C=O) groups is 3. The fourth-order valence-corrected chi connectivity index (χ4v) is 3.06. The summed E-state index contributed by atoms with van der Waals surface area (Å²) in [5.74, 6) is -0.499. The van der Waals surface area contributed by atoms with Gasteiger partial charge in [0.05, 0.1) is 0 Å². The Balaban J connectivity index is 2.28. The largest absolute Gasteiger partial charge is 0.349 e. The summed E-state index contributed by atoms with van der Waals surface area (Å²) >= 11 is 0. The van der Waals surface area contributed by atoms with Crippen molar-refractivity contribution in [2.45, 2.75) is 79.7 Å². The van der Waals surface area contributed by atoms with Crippen LogP contribution < -0.4 is 16.0 Å². The van der Waals surface area contributed by atoms with Crippen LogP contribution in [-0.4, -0.2) is 23.8 Å². The van der Waals surface area contributed by atoms with E-state index in [1.165, 1.54) is 6.42 Å². The summed E-state index contributed by atoms with van der Waals surface area (Å²) < 4.78 is 0. The SMILES string of the molecule is CC(C)(C)C(=O)Nc1cc(NC(=O)C(C)(C)C)cc(C(=O)NC2CCCCC2)c1. The number of rotatable bonds is 4. The van der Waals surface area contributed by atoms with Crippen LogP contribution in [0.15, 0.2) is 18.2 Å². The van der Waals surface area contributed by atoms with Crippen LogP contribution >= 0.6 is 0 Å². The lowest BCUT2D eigenvalue weighted by Crippen LogP contribution is -2.36. The Kier molecular flexibility index (Phi) is 7.09. The second-order valence-corrected chi connectivity index (χ2v) is 10.0. The van der Waals surface area contributed by atoms with Crippen molar-refractivity contribution in [1.29, 1.82) is 0 Å². The quantitative estimate of drug-likeness (QED) is 0.682. The highest BCUT2D eigenvalue weighted by Gasteiger charge is 2.24. The lowest BCUT2D eigenvalue weighted by atomic mass is 9.94. The molecule has 1 fully saturated rings. The van der Waals surface area contributed by atoms with Crippen molar-refractivity contribution in [3.8, 4) is 0 Å². The topological polar surface area (TPSA) is 87.3 Å². The summed E-state index contributed by atoms with van der Waals surface area (Å²) in [5.41, 5.74) is 0.257. The fourth-order valence-electron chi connectivity index (χ4n) is 3.06. The Hall–Kier alpha value is -2.37. The van der Waals surface area contributed by atoms with Crippen LogP contribution in [0.4, 0.5) is 11.4 Å². The van der Waals surface area contributed by atoms with Gasteiger partial charge in [0.1, 0.15) is 0 Å². The molecule has 6 heteroatoms. The zero-order valence-electron chi connectivity index (χ0n) is 18.6. The molecule has 0 radical (unpaired) electrons. The molecule has 29 heavy (non-hydrogen) atoms. The van der Waals surface area contributed by atoms with E-state index in [0.717, 1.165) is 25.7 Å². The number of hydrogen-bond acceptors (Lipinski definition) is 3. The van der Waals surface area contributed by atoms with Gasteiger partial charge in [-0.15, -0.1) is 0 Å². The maximum Gasteiger partial charge on any atom is 0.251 e. The van der Waals surface area contributed by atoms with Gasteiger partial charge >= 0.3 is 0 Å². The van der Waals surface area contributed by atoms with Crippen LogP contribution in [-0.2, 0) is 9.59 Å². The molecule has 1 aromatic rings. The van der Waals surface area contributed by atoms with Gasteiger partial charge in [0.2, 0.25) is 11.8 Å². The average Bonchev–Trinajstić information content (AvgIpc) is 2.60. The van der Waals surface area contributed by atoms with Gasteiger partial charge in [-0.2, -0.15) is 0 Å². The minimum atomic E-state index is -0.574. The zero-order valence-corrected chi connectivity index (χ0v) is 18.6. The lowest BCUT2D eigenvalue weighted by molar-refractivity contribution is -0.123. The maximum atomic E-state index is 12.8. The smallest absolute Gasteiger partial charge is 0.251 e. The molecule has 0 bridgehead atoms. The first-order valence-corrected chi connectivity index (χ1v) is 10.4. The first-order chi connectivity index (χ1) is 13.4. The first-order valence-electron chi connectivity index (χ1n) is 10.4. The van der Waals surface area contributed by atoms with Gasteiger partial charge in [0.15, 0.2) is 0 Å². The molecule has 0 unspecified atom stereocenters. The maximum absolute atomic E-state index is 12.8. The molecule has 1 aromatic carbocycles. The fraction of sp³-hybridized carbons (Fsp3) is 0.609. The van der Waals surface area contributed by atoms with Gasteiger partial charge in [-0.05, 0) is 31.0 Å². The van der Waals surface area contributed by atoms with Crippen molar-refractivity contribution in [3.63, 3.8) is 0 Å². The van der Waals surface area contributed by atoms with Crippen molar-refractivity contribution >= 4 is 29.1 Å². The van der Waals surface area contributed by atoms with Crippen molar-refractivity contribution < 1.29 is 14.4 Å². The first kappa shape index (κ1) is 22.9. The summed E-state index contributed by atoms with van der Waals surface area (Å²) in [6, 6.07) is 5.19. The van der Waals surface area contributed by atoms with Gasteiger partial charge in [-0.3, -0.25) is 14.4 Å². The second-order valence-electron chi connectivity index (χ2n) is 10.0. The molecule has 2 rings (SSSR count). The summed E-state index contributed by atoms with van der Waals surface area (Å²) in [6.07, 6.45) is 5.43. The third-order valence-corrected chi connectivity index (χ3v) is 5.01. The van der Waals surface area contributed by atoms with Crippen LogP contribution in [0.5, 0.6) is 0 Å². The number of nitrogens with one attached hydrogen (secondary N) is 3. The molecule has 1 aliphatic carbocycles. The summed E-state index contributed by atoms with van der Waals surface area (Å²) in [4.78, 5) is 37.7. The minimum Gasteiger partial charge on any atom is -0.349 e. The normalized spacial score (nSPS) is 15.5. The highest BCUT2D eigenvalue weighted by atomic mass is 16.2. The van der Waals surface area contributed by atoms with E-state index >= 15 is 0 Å².